The van der Waals surface area contributed by atoms with Gasteiger partial charge in [-0.05, 0) is 72.7 Å². The second-order valence-corrected chi connectivity index (χ2v) is 11.9. The molecule has 208 valence electrons. The quantitative estimate of drug-likeness (QED) is 0.0993. The normalized spacial score (nSPS) is 19.3. The second kappa shape index (κ2) is 15.3. The second-order valence-electron chi connectivity index (χ2n) is 9.86. The Bertz CT molecular complexity index is 1020. The van der Waals surface area contributed by atoms with Gasteiger partial charge in [0.05, 0.1) is 12.3 Å². The summed E-state index contributed by atoms with van der Waals surface area (Å²) in [4.78, 5) is 24.3. The van der Waals surface area contributed by atoms with Crippen LogP contribution in [0.1, 0.15) is 46.0 Å². The number of anilines is 2. The van der Waals surface area contributed by atoms with Gasteiger partial charge in [0.15, 0.2) is 0 Å². The molecule has 8 heteroatoms. The topological polar surface area (TPSA) is 75.9 Å². The van der Waals surface area contributed by atoms with Gasteiger partial charge in [-0.3, -0.25) is 9.59 Å². The summed E-state index contributed by atoms with van der Waals surface area (Å²) in [6, 6.07) is 16.0. The Morgan fingerprint density at radius 2 is 1.79 bits per heavy atom. The van der Waals surface area contributed by atoms with Gasteiger partial charge in [-0.2, -0.15) is 0 Å². The van der Waals surface area contributed by atoms with Gasteiger partial charge in [0.2, 0.25) is 6.41 Å². The zero-order valence-electron chi connectivity index (χ0n) is 23.2. The van der Waals surface area contributed by atoms with Crippen molar-refractivity contribution < 1.29 is 14.3 Å². The van der Waals surface area contributed by atoms with Crippen molar-refractivity contribution >= 4 is 47.5 Å². The van der Waals surface area contributed by atoms with E-state index in [0.717, 1.165) is 13.1 Å². The van der Waals surface area contributed by atoms with Crippen LogP contribution < -0.4 is 14.9 Å². The van der Waals surface area contributed by atoms with Crippen LogP contribution in [0.2, 0.25) is 0 Å². The number of fused-ring (bicyclic) bond motifs is 1. The van der Waals surface area contributed by atoms with Gasteiger partial charge >= 0.3 is 5.97 Å². The minimum atomic E-state index is -0.0345. The molecule has 1 heterocycles. The standard InChI is InChI=1S/C29H40N2O2S2.CH3NO/c1-5-7-8-9-16-35-23-13-10-21(11-14-23)24-17-22(12-15-28(24)30(3)34-4)31-19-26-25(27(26)20-31)18-29(32)33-6-2;2-1-3/h10-15,17,25-27H,5-9,16,18-20H2,1-4H3;1H,(H2,2,3). The fourth-order valence-electron chi connectivity index (χ4n) is 5.35. The van der Waals surface area contributed by atoms with E-state index in [2.05, 4.69) is 77.6 Å². The molecule has 1 saturated heterocycles. The number of amides is 1. The summed E-state index contributed by atoms with van der Waals surface area (Å²) in [6.07, 6.45) is 8.21. The Kier molecular flexibility index (Phi) is 12.2. The van der Waals surface area contributed by atoms with Gasteiger partial charge < -0.3 is 19.7 Å². The van der Waals surface area contributed by atoms with Crippen molar-refractivity contribution in [1.82, 2.24) is 0 Å². The minimum absolute atomic E-state index is 0.0345. The number of ether oxygens (including phenoxy) is 1. The van der Waals surface area contributed by atoms with Crippen molar-refractivity contribution in [2.24, 2.45) is 23.5 Å². The van der Waals surface area contributed by atoms with Crippen molar-refractivity contribution in [3.63, 3.8) is 0 Å². The molecule has 0 bridgehead atoms. The van der Waals surface area contributed by atoms with Crippen LogP contribution in [-0.4, -0.2) is 51.1 Å². The Balaban J connectivity index is 0.00000127. The first-order valence-corrected chi connectivity index (χ1v) is 15.8. The molecule has 38 heavy (non-hydrogen) atoms. The summed E-state index contributed by atoms with van der Waals surface area (Å²) in [6.45, 7) is 6.70. The maximum atomic E-state index is 11.9. The number of nitrogens with two attached hydrogens (primary N) is 1. The molecule has 1 amide bonds. The number of nitrogens with zero attached hydrogens (tertiary/aromatic N) is 2. The fraction of sp³-hybridized carbons (Fsp3) is 0.533. The molecule has 2 aromatic carbocycles. The van der Waals surface area contributed by atoms with Crippen LogP contribution in [-0.2, 0) is 14.3 Å². The Hall–Kier alpha value is -2.32. The predicted molar refractivity (Wildman–Crippen MR) is 163 cm³/mol. The fourth-order valence-corrected chi connectivity index (χ4v) is 6.62. The Morgan fingerprint density at radius 1 is 1.11 bits per heavy atom. The maximum absolute atomic E-state index is 11.9. The molecule has 2 fully saturated rings. The van der Waals surface area contributed by atoms with E-state index < -0.39 is 0 Å². The highest BCUT2D eigenvalue weighted by Crippen LogP contribution is 2.54. The summed E-state index contributed by atoms with van der Waals surface area (Å²) in [5, 5.41) is 0. The molecule has 0 radical (unpaired) electrons. The highest BCUT2D eigenvalue weighted by Gasteiger charge is 2.56. The van der Waals surface area contributed by atoms with Crippen LogP contribution in [0.4, 0.5) is 11.4 Å². The molecular formula is C30H43N3O3S2. The van der Waals surface area contributed by atoms with Gasteiger partial charge in [-0.25, -0.2) is 0 Å². The Labute approximate surface area is 237 Å². The van der Waals surface area contributed by atoms with Crippen LogP contribution in [0.5, 0.6) is 0 Å². The number of rotatable bonds is 13. The summed E-state index contributed by atoms with van der Waals surface area (Å²) in [7, 11) is 2.13. The van der Waals surface area contributed by atoms with Crippen molar-refractivity contribution in [3.05, 3.63) is 42.5 Å². The number of thioether (sulfide) groups is 1. The first kappa shape index (κ1) is 30.2. The number of piperidine rings is 1. The highest BCUT2D eigenvalue weighted by molar-refractivity contribution is 8.00. The number of hydrogen-bond acceptors (Lipinski definition) is 7. The van der Waals surface area contributed by atoms with Crippen LogP contribution in [0.25, 0.3) is 11.1 Å². The van der Waals surface area contributed by atoms with Crippen LogP contribution in [0.15, 0.2) is 47.4 Å². The number of carbonyl (C=O) groups excluding carboxylic acids is 2. The van der Waals surface area contributed by atoms with Crippen molar-refractivity contribution in [1.29, 1.82) is 0 Å². The maximum Gasteiger partial charge on any atom is 0.306 e. The van der Waals surface area contributed by atoms with E-state index in [1.54, 1.807) is 11.9 Å². The molecule has 1 saturated carbocycles. The van der Waals surface area contributed by atoms with E-state index in [-0.39, 0.29) is 12.4 Å². The summed E-state index contributed by atoms with van der Waals surface area (Å²) in [5.41, 5.74) is 9.24. The average Bonchev–Trinajstić information content (AvgIpc) is 3.34. The van der Waals surface area contributed by atoms with Gasteiger partial charge in [0.25, 0.3) is 0 Å². The van der Waals surface area contributed by atoms with Crippen molar-refractivity contribution in [2.75, 3.05) is 48.0 Å². The third-order valence-electron chi connectivity index (χ3n) is 7.47. The lowest BCUT2D eigenvalue weighted by atomic mass is 10.0. The van der Waals surface area contributed by atoms with E-state index in [0.29, 0.717) is 30.8 Å². The number of unbranched alkanes of at least 4 members (excludes halogenated alkanes) is 3. The molecule has 4 rings (SSSR count). The lowest BCUT2D eigenvalue weighted by Gasteiger charge is -2.26. The zero-order valence-corrected chi connectivity index (χ0v) is 24.9. The molecular weight excluding hydrogens is 514 g/mol. The van der Waals surface area contributed by atoms with Gasteiger partial charge in [0, 0.05) is 49.0 Å². The first-order chi connectivity index (χ1) is 18.5. The van der Waals surface area contributed by atoms with Crippen LogP contribution >= 0.6 is 23.7 Å². The summed E-state index contributed by atoms with van der Waals surface area (Å²) in [5.74, 6) is 2.94. The Morgan fingerprint density at radius 3 is 2.39 bits per heavy atom. The molecule has 2 N–H and O–H groups in total. The monoisotopic (exact) mass is 557 g/mol. The van der Waals surface area contributed by atoms with Crippen LogP contribution in [0.3, 0.4) is 0 Å². The predicted octanol–water partition coefficient (Wildman–Crippen LogP) is 6.48. The zero-order chi connectivity index (χ0) is 27.5. The van der Waals surface area contributed by atoms with Gasteiger partial charge in [-0.15, -0.1) is 11.8 Å². The third kappa shape index (κ3) is 8.09. The molecule has 2 aromatic rings. The minimum Gasteiger partial charge on any atom is -0.466 e. The van der Waals surface area contributed by atoms with E-state index in [9.17, 15) is 4.79 Å². The van der Waals surface area contributed by atoms with Gasteiger partial charge in [0.1, 0.15) is 0 Å². The molecule has 2 aliphatic rings. The first-order valence-electron chi connectivity index (χ1n) is 13.7. The van der Waals surface area contributed by atoms with Crippen molar-refractivity contribution in [2.45, 2.75) is 50.8 Å². The third-order valence-corrected chi connectivity index (χ3v) is 9.31. The molecule has 1 aliphatic heterocycles. The van der Waals surface area contributed by atoms with E-state index >= 15 is 0 Å². The number of primary amides is 1. The summed E-state index contributed by atoms with van der Waals surface area (Å²) < 4.78 is 7.41. The molecule has 2 atom stereocenters. The van der Waals surface area contributed by atoms with E-state index in [1.165, 1.54) is 58.8 Å². The van der Waals surface area contributed by atoms with E-state index in [4.69, 9.17) is 9.53 Å². The van der Waals surface area contributed by atoms with Crippen LogP contribution in [0, 0.1) is 17.8 Å². The average molecular weight is 558 g/mol. The number of benzene rings is 2. The highest BCUT2D eigenvalue weighted by atomic mass is 32.2. The number of carbonyl (C=O) groups is 2. The molecule has 0 aromatic heterocycles. The van der Waals surface area contributed by atoms with Gasteiger partial charge in [-0.1, -0.05) is 50.3 Å². The molecule has 6 nitrogen and oxygen atoms in total. The molecule has 0 spiro atoms. The van der Waals surface area contributed by atoms with E-state index in [1.807, 2.05) is 18.7 Å². The number of hydrogen-bond donors (Lipinski definition) is 1. The lowest BCUT2D eigenvalue weighted by Crippen LogP contribution is -2.25. The lowest BCUT2D eigenvalue weighted by molar-refractivity contribution is -0.143. The SMILES string of the molecule is CCCCCCSc1ccc(-c2cc(N3CC4C(CC(=O)OCC)C4C3)ccc2N(C)SC)cc1.NC=O. The largest absolute Gasteiger partial charge is 0.466 e. The van der Waals surface area contributed by atoms with Crippen molar-refractivity contribution in [3.8, 4) is 11.1 Å². The number of esters is 1. The molecule has 1 aliphatic carbocycles. The molecule has 2 unspecified atom stereocenters. The smallest absolute Gasteiger partial charge is 0.306 e. The summed E-state index contributed by atoms with van der Waals surface area (Å²) >= 11 is 3.70.